The van der Waals surface area contributed by atoms with Crippen molar-refractivity contribution in [3.63, 3.8) is 0 Å². The van der Waals surface area contributed by atoms with Gasteiger partial charge in [0, 0.05) is 31.2 Å². The number of ether oxygens (including phenoxy) is 1. The zero-order chi connectivity index (χ0) is 23.7. The molecule has 1 amide bonds. The van der Waals surface area contributed by atoms with Crippen LogP contribution < -0.4 is 10.1 Å². The van der Waals surface area contributed by atoms with E-state index in [1.54, 1.807) is 65.6 Å². The van der Waals surface area contributed by atoms with Gasteiger partial charge in [-0.3, -0.25) is 14.2 Å². The number of nitrogens with zero attached hydrogens (tertiary/aromatic N) is 9. The van der Waals surface area contributed by atoms with Crippen molar-refractivity contribution >= 4 is 17.2 Å². The minimum Gasteiger partial charge on any atom is -0.496 e. The molecule has 0 radical (unpaired) electrons. The van der Waals surface area contributed by atoms with E-state index in [0.717, 1.165) is 0 Å². The van der Waals surface area contributed by atoms with Crippen LogP contribution in [-0.4, -0.2) is 52.2 Å². The first-order chi connectivity index (χ1) is 16.6. The molecule has 12 heteroatoms. The molecule has 0 saturated heterocycles. The number of hydrogen-bond acceptors (Lipinski definition) is 8. The van der Waals surface area contributed by atoms with Crippen LogP contribution in [0.15, 0.2) is 55.4 Å². The smallest absolute Gasteiger partial charge is 0.261 e. The van der Waals surface area contributed by atoms with Crippen LogP contribution in [-0.2, 0) is 13.6 Å². The van der Waals surface area contributed by atoms with Crippen LogP contribution in [0.3, 0.4) is 0 Å². The second kappa shape index (κ2) is 8.47. The van der Waals surface area contributed by atoms with Gasteiger partial charge in [-0.2, -0.15) is 20.6 Å². The standard InChI is InChI=1S/C22H18N10O2/c1-30-13-25-19(28-30)12-31-11-17(20(29-31)15-8-14(9-23)4-5-18(15)34-2)27-22(33)16-10-26-32-7-3-6-24-21(16)32/h3-8,10-11,13H,12H2,1-2H3,(H,27,33). The Labute approximate surface area is 193 Å². The van der Waals surface area contributed by atoms with Crippen molar-refractivity contribution in [3.8, 4) is 23.1 Å². The molecule has 12 nitrogen and oxygen atoms in total. The van der Waals surface area contributed by atoms with E-state index in [1.165, 1.54) is 17.8 Å². The summed E-state index contributed by atoms with van der Waals surface area (Å²) in [5, 5.41) is 25.4. The number of methoxy groups -OCH3 is 1. The molecule has 0 spiro atoms. The summed E-state index contributed by atoms with van der Waals surface area (Å²) in [6.07, 6.45) is 8.04. The Hall–Kier alpha value is -5.05. The first kappa shape index (κ1) is 20.8. The summed E-state index contributed by atoms with van der Waals surface area (Å²) in [7, 11) is 3.31. The molecule has 168 valence electrons. The molecule has 0 saturated carbocycles. The number of hydrogen-bond donors (Lipinski definition) is 1. The zero-order valence-corrected chi connectivity index (χ0v) is 18.2. The van der Waals surface area contributed by atoms with Crippen LogP contribution in [0.4, 0.5) is 5.69 Å². The van der Waals surface area contributed by atoms with Crippen LogP contribution in [0.1, 0.15) is 21.7 Å². The van der Waals surface area contributed by atoms with Gasteiger partial charge in [-0.15, -0.1) is 0 Å². The van der Waals surface area contributed by atoms with Crippen LogP contribution in [0, 0.1) is 11.3 Å². The molecule has 5 rings (SSSR count). The van der Waals surface area contributed by atoms with Crippen molar-refractivity contribution in [3.05, 3.63) is 72.3 Å². The van der Waals surface area contributed by atoms with E-state index in [1.807, 2.05) is 0 Å². The zero-order valence-electron chi connectivity index (χ0n) is 18.2. The van der Waals surface area contributed by atoms with Crippen molar-refractivity contribution < 1.29 is 9.53 Å². The Morgan fingerprint density at radius 2 is 2.15 bits per heavy atom. The van der Waals surface area contributed by atoms with Gasteiger partial charge in [0.25, 0.3) is 5.91 Å². The predicted octanol–water partition coefficient (Wildman–Crippen LogP) is 1.90. The number of anilines is 1. The number of nitrogens with one attached hydrogen (secondary N) is 1. The fraction of sp³-hybridized carbons (Fsp3) is 0.136. The van der Waals surface area contributed by atoms with Gasteiger partial charge in [0.05, 0.1) is 30.6 Å². The molecule has 1 aromatic carbocycles. The lowest BCUT2D eigenvalue weighted by molar-refractivity contribution is 0.102. The molecule has 0 bridgehead atoms. The number of carbonyl (C=O) groups is 1. The maximum atomic E-state index is 13.2. The van der Waals surface area contributed by atoms with E-state index in [4.69, 9.17) is 4.74 Å². The first-order valence-corrected chi connectivity index (χ1v) is 10.2. The van der Waals surface area contributed by atoms with E-state index in [9.17, 15) is 10.1 Å². The van der Waals surface area contributed by atoms with Crippen LogP contribution in [0.5, 0.6) is 5.75 Å². The maximum absolute atomic E-state index is 13.2. The van der Waals surface area contributed by atoms with Crippen LogP contribution >= 0.6 is 0 Å². The van der Waals surface area contributed by atoms with Crippen LogP contribution in [0.25, 0.3) is 16.9 Å². The van der Waals surface area contributed by atoms with Gasteiger partial charge < -0.3 is 10.1 Å². The number of carbonyl (C=O) groups excluding carboxylic acids is 1. The molecule has 34 heavy (non-hydrogen) atoms. The normalized spacial score (nSPS) is 10.9. The minimum absolute atomic E-state index is 0.280. The Morgan fingerprint density at radius 3 is 2.91 bits per heavy atom. The highest BCUT2D eigenvalue weighted by Crippen LogP contribution is 2.35. The second-order valence-corrected chi connectivity index (χ2v) is 7.35. The molecule has 4 heterocycles. The lowest BCUT2D eigenvalue weighted by atomic mass is 10.1. The highest BCUT2D eigenvalue weighted by Gasteiger charge is 2.21. The summed E-state index contributed by atoms with van der Waals surface area (Å²) in [4.78, 5) is 21.6. The fourth-order valence-corrected chi connectivity index (χ4v) is 3.53. The number of nitriles is 1. The minimum atomic E-state index is -0.402. The molecule has 1 N–H and O–H groups in total. The number of amides is 1. The molecule has 4 aromatic heterocycles. The third kappa shape index (κ3) is 3.82. The highest BCUT2D eigenvalue weighted by molar-refractivity contribution is 6.09. The molecule has 0 aliphatic rings. The Morgan fingerprint density at radius 1 is 1.26 bits per heavy atom. The average Bonchev–Trinajstić information content (AvgIpc) is 3.57. The summed E-state index contributed by atoms with van der Waals surface area (Å²) >= 11 is 0. The topological polar surface area (TPSA) is 141 Å². The molecule has 0 unspecified atom stereocenters. The van der Waals surface area contributed by atoms with Crippen molar-refractivity contribution in [2.45, 2.75) is 6.54 Å². The van der Waals surface area contributed by atoms with Gasteiger partial charge in [0.2, 0.25) is 0 Å². The quantitative estimate of drug-likeness (QED) is 0.410. The monoisotopic (exact) mass is 454 g/mol. The fourth-order valence-electron chi connectivity index (χ4n) is 3.53. The van der Waals surface area contributed by atoms with Gasteiger partial charge in [-0.1, -0.05) is 0 Å². The van der Waals surface area contributed by atoms with Crippen molar-refractivity contribution in [1.29, 1.82) is 5.26 Å². The molecular formula is C22H18N10O2. The van der Waals surface area contributed by atoms with E-state index in [0.29, 0.717) is 45.3 Å². The summed E-state index contributed by atoms with van der Waals surface area (Å²) in [6.45, 7) is 0.280. The molecular weight excluding hydrogens is 436 g/mol. The van der Waals surface area contributed by atoms with Crippen LogP contribution in [0.2, 0.25) is 0 Å². The van der Waals surface area contributed by atoms with E-state index < -0.39 is 5.91 Å². The SMILES string of the molecule is COc1ccc(C#N)cc1-c1nn(Cc2ncn(C)n2)cc1NC(=O)c1cnn2cccnc12. The number of benzene rings is 1. The second-order valence-electron chi connectivity index (χ2n) is 7.35. The van der Waals surface area contributed by atoms with Crippen molar-refractivity contribution in [2.24, 2.45) is 7.05 Å². The molecule has 0 fully saturated rings. The molecule has 5 aromatic rings. The maximum Gasteiger partial charge on any atom is 0.261 e. The third-order valence-electron chi connectivity index (χ3n) is 5.07. The van der Waals surface area contributed by atoms with Gasteiger partial charge in [0.1, 0.15) is 29.9 Å². The third-order valence-corrected chi connectivity index (χ3v) is 5.07. The van der Waals surface area contributed by atoms with Gasteiger partial charge in [0.15, 0.2) is 11.5 Å². The summed E-state index contributed by atoms with van der Waals surface area (Å²) < 4.78 is 10.2. The Balaban J connectivity index is 1.57. The number of aromatic nitrogens is 8. The summed E-state index contributed by atoms with van der Waals surface area (Å²) in [5.74, 6) is 0.660. The highest BCUT2D eigenvalue weighted by atomic mass is 16.5. The summed E-state index contributed by atoms with van der Waals surface area (Å²) in [6, 6.07) is 8.85. The van der Waals surface area contributed by atoms with Crippen molar-refractivity contribution in [1.82, 2.24) is 39.1 Å². The average molecular weight is 454 g/mol. The van der Waals surface area contributed by atoms with E-state index in [2.05, 4.69) is 36.7 Å². The number of fused-ring (bicyclic) bond motifs is 1. The van der Waals surface area contributed by atoms with Crippen molar-refractivity contribution in [2.75, 3.05) is 12.4 Å². The van der Waals surface area contributed by atoms with E-state index >= 15 is 0 Å². The first-order valence-electron chi connectivity index (χ1n) is 10.2. The van der Waals surface area contributed by atoms with Gasteiger partial charge >= 0.3 is 0 Å². The molecule has 0 aliphatic heterocycles. The molecule has 0 atom stereocenters. The Kier molecular flexibility index (Phi) is 5.19. The Bertz CT molecular complexity index is 1560. The summed E-state index contributed by atoms with van der Waals surface area (Å²) in [5.41, 5.74) is 2.58. The lowest BCUT2D eigenvalue weighted by Crippen LogP contribution is -2.12. The van der Waals surface area contributed by atoms with Gasteiger partial charge in [-0.05, 0) is 24.3 Å². The predicted molar refractivity (Wildman–Crippen MR) is 120 cm³/mol. The number of rotatable bonds is 6. The lowest BCUT2D eigenvalue weighted by Gasteiger charge is -2.09. The molecule has 0 aliphatic carbocycles. The van der Waals surface area contributed by atoms with E-state index in [-0.39, 0.29) is 6.54 Å². The largest absolute Gasteiger partial charge is 0.496 e. The number of aryl methyl sites for hydroxylation is 1. The van der Waals surface area contributed by atoms with Gasteiger partial charge in [-0.25, -0.2) is 14.5 Å².